The van der Waals surface area contributed by atoms with E-state index >= 15 is 0 Å². The number of halogens is 1. The highest BCUT2D eigenvalue weighted by atomic mass is 35.5. The molecular weight excluding hydrogens is 476 g/mol. The summed E-state index contributed by atoms with van der Waals surface area (Å²) in [6, 6.07) is 14.4. The molecule has 0 aliphatic heterocycles. The number of hydrogen-bond acceptors (Lipinski definition) is 3. The van der Waals surface area contributed by atoms with Crippen molar-refractivity contribution in [2.24, 2.45) is 5.92 Å². The van der Waals surface area contributed by atoms with Crippen molar-refractivity contribution >= 4 is 23.5 Å². The molecule has 0 bridgehead atoms. The van der Waals surface area contributed by atoms with Crippen molar-refractivity contribution < 1.29 is 14.7 Å². The lowest BCUT2D eigenvalue weighted by molar-refractivity contribution is 0.0697. The Balaban J connectivity index is 1.62. The Morgan fingerprint density at radius 3 is 2.39 bits per heavy atom. The van der Waals surface area contributed by atoms with Crippen LogP contribution < -0.4 is 5.69 Å². The van der Waals surface area contributed by atoms with Gasteiger partial charge in [-0.2, -0.15) is 0 Å². The lowest BCUT2D eigenvalue weighted by atomic mass is 9.87. The smallest absolute Gasteiger partial charge is 0.336 e. The molecule has 1 aliphatic rings. The highest BCUT2D eigenvalue weighted by Crippen LogP contribution is 2.28. The van der Waals surface area contributed by atoms with Crippen LogP contribution >= 0.6 is 11.6 Å². The van der Waals surface area contributed by atoms with Crippen LogP contribution in [0.1, 0.15) is 84.7 Å². The van der Waals surface area contributed by atoms with Crippen molar-refractivity contribution in [1.29, 1.82) is 0 Å². The van der Waals surface area contributed by atoms with Crippen LogP contribution in [0.4, 0.5) is 0 Å². The number of hydrogen-bond donors (Lipinski definition) is 1. The summed E-state index contributed by atoms with van der Waals surface area (Å²) in [5.41, 5.74) is 2.85. The molecule has 1 aromatic heterocycles. The van der Waals surface area contributed by atoms with Crippen LogP contribution in [0.3, 0.4) is 0 Å². The third-order valence-corrected chi connectivity index (χ3v) is 7.54. The van der Waals surface area contributed by atoms with E-state index in [1.165, 1.54) is 11.0 Å². The van der Waals surface area contributed by atoms with E-state index in [9.17, 15) is 19.5 Å². The van der Waals surface area contributed by atoms with E-state index in [2.05, 4.69) is 6.92 Å². The summed E-state index contributed by atoms with van der Waals surface area (Å²) in [5, 5.41) is 9.74. The van der Waals surface area contributed by atoms with Crippen molar-refractivity contribution in [1.82, 2.24) is 9.13 Å². The highest BCUT2D eigenvalue weighted by molar-refractivity contribution is 6.31. The van der Waals surface area contributed by atoms with Crippen molar-refractivity contribution in [3.63, 3.8) is 0 Å². The highest BCUT2D eigenvalue weighted by Gasteiger charge is 2.25. The monoisotopic (exact) mass is 508 g/mol. The van der Waals surface area contributed by atoms with Crippen LogP contribution in [0.25, 0.3) is 11.1 Å². The molecule has 1 N–H and O–H groups in total. The normalized spacial score (nSPS) is 14.2. The van der Waals surface area contributed by atoms with Gasteiger partial charge in [0.25, 0.3) is 0 Å². The Morgan fingerprint density at radius 2 is 1.72 bits per heavy atom. The second-order valence-electron chi connectivity index (χ2n) is 9.69. The van der Waals surface area contributed by atoms with Gasteiger partial charge in [0.1, 0.15) is 5.15 Å². The quantitative estimate of drug-likeness (QED) is 0.350. The molecule has 1 aliphatic carbocycles. The van der Waals surface area contributed by atoms with Crippen molar-refractivity contribution in [2.45, 2.75) is 71.3 Å². The number of aromatic carboxylic acids is 1. The van der Waals surface area contributed by atoms with E-state index in [0.717, 1.165) is 49.7 Å². The summed E-state index contributed by atoms with van der Waals surface area (Å²) in [4.78, 5) is 38.2. The summed E-state index contributed by atoms with van der Waals surface area (Å²) in [6.45, 7) is 2.37. The topological polar surface area (TPSA) is 81.3 Å². The number of aromatic nitrogens is 2. The summed E-state index contributed by atoms with van der Waals surface area (Å²) in [6.07, 6.45) is 8.33. The van der Waals surface area contributed by atoms with E-state index in [0.29, 0.717) is 36.6 Å². The number of unbranched alkanes of at least 4 members (excludes halogenated alkanes) is 1. The SMILES string of the molecule is CCCCc1c(Cl)n(C(=O)CC2CCCCC2)c(=O)n1Cc1ccc(-c2ccccc2C(=O)O)cc1. The molecule has 1 fully saturated rings. The molecule has 0 spiro atoms. The fourth-order valence-corrected chi connectivity index (χ4v) is 5.51. The van der Waals surface area contributed by atoms with Crippen LogP contribution in [0.2, 0.25) is 5.15 Å². The maximum Gasteiger partial charge on any atom is 0.336 e. The molecule has 3 aromatic rings. The molecule has 6 nitrogen and oxygen atoms in total. The molecule has 1 heterocycles. The molecule has 0 amide bonds. The minimum atomic E-state index is -0.976. The van der Waals surface area contributed by atoms with Crippen LogP contribution in [0.5, 0.6) is 0 Å². The number of imidazole rings is 1. The van der Waals surface area contributed by atoms with Gasteiger partial charge in [0, 0.05) is 6.42 Å². The molecule has 0 saturated heterocycles. The second kappa shape index (κ2) is 11.7. The lowest BCUT2D eigenvalue weighted by Gasteiger charge is -2.20. The van der Waals surface area contributed by atoms with Crippen LogP contribution in [0, 0.1) is 5.92 Å². The Bertz CT molecular complexity index is 1280. The van der Waals surface area contributed by atoms with Gasteiger partial charge >= 0.3 is 11.7 Å². The first-order valence-electron chi connectivity index (χ1n) is 12.9. The third-order valence-electron chi connectivity index (χ3n) is 7.15. The maximum absolute atomic E-state index is 13.4. The molecular formula is C29H33ClN2O4. The summed E-state index contributed by atoms with van der Waals surface area (Å²) in [5.74, 6) is -0.873. The Morgan fingerprint density at radius 1 is 1.03 bits per heavy atom. The zero-order valence-corrected chi connectivity index (χ0v) is 21.5. The Hall–Kier alpha value is -3.12. The van der Waals surface area contributed by atoms with E-state index in [1.54, 1.807) is 22.8 Å². The fraction of sp³-hybridized carbons (Fsp3) is 0.414. The van der Waals surface area contributed by atoms with Gasteiger partial charge in [0.15, 0.2) is 0 Å². The molecule has 0 atom stereocenters. The third kappa shape index (κ3) is 5.65. The number of nitrogens with zero attached hydrogens (tertiary/aromatic N) is 2. The predicted octanol–water partition coefficient (Wildman–Crippen LogP) is 6.67. The zero-order valence-electron chi connectivity index (χ0n) is 20.7. The van der Waals surface area contributed by atoms with Crippen LogP contribution in [-0.2, 0) is 13.0 Å². The zero-order chi connectivity index (χ0) is 25.7. The van der Waals surface area contributed by atoms with Crippen molar-refractivity contribution in [3.8, 4) is 11.1 Å². The first-order valence-corrected chi connectivity index (χ1v) is 13.2. The van der Waals surface area contributed by atoms with Gasteiger partial charge in [-0.25, -0.2) is 14.2 Å². The average Bonchev–Trinajstić information content (AvgIpc) is 3.12. The first-order chi connectivity index (χ1) is 17.4. The Labute approximate surface area is 216 Å². The van der Waals surface area contributed by atoms with Gasteiger partial charge in [-0.05, 0) is 54.4 Å². The molecule has 4 rings (SSSR count). The van der Waals surface area contributed by atoms with Gasteiger partial charge in [-0.1, -0.05) is 86.7 Å². The van der Waals surface area contributed by atoms with Gasteiger partial charge < -0.3 is 5.11 Å². The molecule has 1 saturated carbocycles. The molecule has 0 radical (unpaired) electrons. The number of rotatable bonds is 9. The molecule has 190 valence electrons. The molecule has 2 aromatic carbocycles. The van der Waals surface area contributed by atoms with Crippen LogP contribution in [-0.4, -0.2) is 26.1 Å². The van der Waals surface area contributed by atoms with Gasteiger partial charge in [-0.15, -0.1) is 0 Å². The lowest BCUT2D eigenvalue weighted by Crippen LogP contribution is -2.31. The van der Waals surface area contributed by atoms with Gasteiger partial charge in [-0.3, -0.25) is 9.36 Å². The van der Waals surface area contributed by atoms with Crippen molar-refractivity contribution in [3.05, 3.63) is 81.0 Å². The molecule has 0 unspecified atom stereocenters. The van der Waals surface area contributed by atoms with E-state index in [-0.39, 0.29) is 22.3 Å². The molecule has 7 heteroatoms. The number of carboxylic acids is 1. The molecule has 36 heavy (non-hydrogen) atoms. The minimum absolute atomic E-state index is 0.214. The van der Waals surface area contributed by atoms with E-state index < -0.39 is 5.97 Å². The van der Waals surface area contributed by atoms with Gasteiger partial charge in [0.05, 0.1) is 17.8 Å². The second-order valence-corrected chi connectivity index (χ2v) is 10.1. The largest absolute Gasteiger partial charge is 0.478 e. The predicted molar refractivity (Wildman–Crippen MR) is 142 cm³/mol. The number of carbonyl (C=O) groups excluding carboxylic acids is 1. The van der Waals surface area contributed by atoms with Crippen molar-refractivity contribution in [2.75, 3.05) is 0 Å². The fourth-order valence-electron chi connectivity index (χ4n) is 5.15. The standard InChI is InChI=1S/C29H33ClN2O4/c1-2-3-13-25-27(30)32(26(33)18-20-9-5-4-6-10-20)29(36)31(25)19-21-14-16-22(17-15-21)23-11-7-8-12-24(23)28(34)35/h7-8,11-12,14-17,20H,2-6,9-10,13,18-19H2,1H3,(H,34,35). The Kier molecular flexibility index (Phi) is 8.47. The maximum atomic E-state index is 13.4. The summed E-state index contributed by atoms with van der Waals surface area (Å²) < 4.78 is 2.80. The number of carbonyl (C=O) groups is 2. The summed E-state index contributed by atoms with van der Waals surface area (Å²) >= 11 is 6.67. The van der Waals surface area contributed by atoms with Gasteiger partial charge in [0.2, 0.25) is 5.91 Å². The van der Waals surface area contributed by atoms with Crippen LogP contribution in [0.15, 0.2) is 53.3 Å². The van der Waals surface area contributed by atoms with E-state index in [4.69, 9.17) is 11.6 Å². The minimum Gasteiger partial charge on any atom is -0.478 e. The first kappa shape index (κ1) is 26.0. The average molecular weight is 509 g/mol. The van der Waals surface area contributed by atoms with E-state index in [1.807, 2.05) is 30.3 Å². The summed E-state index contributed by atoms with van der Waals surface area (Å²) in [7, 11) is 0. The number of carboxylic acid groups (broad SMARTS) is 1. The number of benzene rings is 2.